The molecule has 1 aliphatic heterocycles. The average molecular weight is 202 g/mol. The molecule has 0 amide bonds. The van der Waals surface area contributed by atoms with Crippen LogP contribution in [0.3, 0.4) is 0 Å². The standard InChI is InChI=1S/C10H22N2S/c1-12-7-3-10(4-8-12)2-5-11-6-9-13/h10-11,13H,2-9H2,1H3. The van der Waals surface area contributed by atoms with Gasteiger partial charge in [-0.25, -0.2) is 0 Å². The van der Waals surface area contributed by atoms with E-state index in [1.807, 2.05) is 0 Å². The third-order valence-corrected chi connectivity index (χ3v) is 3.08. The van der Waals surface area contributed by atoms with Gasteiger partial charge in [0, 0.05) is 12.3 Å². The van der Waals surface area contributed by atoms with E-state index in [9.17, 15) is 0 Å². The SMILES string of the molecule is CN1CCC(CCNCCS)CC1. The Bertz CT molecular complexity index is 122. The van der Waals surface area contributed by atoms with E-state index in [0.29, 0.717) is 0 Å². The van der Waals surface area contributed by atoms with Gasteiger partial charge < -0.3 is 10.2 Å². The smallest absolute Gasteiger partial charge is 0.00397 e. The first-order chi connectivity index (χ1) is 6.33. The summed E-state index contributed by atoms with van der Waals surface area (Å²) in [6.45, 7) is 4.80. The molecule has 1 fully saturated rings. The Morgan fingerprint density at radius 1 is 1.31 bits per heavy atom. The molecule has 3 heteroatoms. The predicted molar refractivity (Wildman–Crippen MR) is 61.6 cm³/mol. The first kappa shape index (κ1) is 11.3. The van der Waals surface area contributed by atoms with Gasteiger partial charge in [0.25, 0.3) is 0 Å². The maximum atomic E-state index is 4.16. The van der Waals surface area contributed by atoms with Gasteiger partial charge in [-0.05, 0) is 51.9 Å². The van der Waals surface area contributed by atoms with Crippen molar-refractivity contribution < 1.29 is 0 Å². The van der Waals surface area contributed by atoms with Gasteiger partial charge in [0.1, 0.15) is 0 Å². The molecule has 0 atom stereocenters. The second-order valence-corrected chi connectivity index (χ2v) is 4.46. The van der Waals surface area contributed by atoms with Gasteiger partial charge in [-0.2, -0.15) is 12.6 Å². The Hall–Kier alpha value is 0.270. The zero-order valence-corrected chi connectivity index (χ0v) is 9.52. The molecule has 1 N–H and O–H groups in total. The minimum absolute atomic E-state index is 0.952. The minimum atomic E-state index is 0.952. The summed E-state index contributed by atoms with van der Waals surface area (Å²) in [5, 5.41) is 3.40. The Morgan fingerprint density at radius 3 is 2.62 bits per heavy atom. The lowest BCUT2D eigenvalue weighted by Gasteiger charge is -2.28. The van der Waals surface area contributed by atoms with Crippen LogP contribution in [0.25, 0.3) is 0 Å². The normalized spacial score (nSPS) is 20.8. The highest BCUT2D eigenvalue weighted by Gasteiger charge is 2.15. The summed E-state index contributed by atoms with van der Waals surface area (Å²) in [7, 11) is 2.22. The number of piperidine rings is 1. The number of rotatable bonds is 5. The Morgan fingerprint density at radius 2 is 2.00 bits per heavy atom. The van der Waals surface area contributed by atoms with E-state index in [1.165, 1.54) is 38.9 Å². The van der Waals surface area contributed by atoms with Crippen LogP contribution < -0.4 is 5.32 Å². The van der Waals surface area contributed by atoms with Crippen molar-refractivity contribution in [3.63, 3.8) is 0 Å². The van der Waals surface area contributed by atoms with E-state index in [-0.39, 0.29) is 0 Å². The van der Waals surface area contributed by atoms with Crippen molar-refractivity contribution in [1.82, 2.24) is 10.2 Å². The van der Waals surface area contributed by atoms with Crippen LogP contribution in [0.5, 0.6) is 0 Å². The Kier molecular flexibility index (Phi) is 5.83. The summed E-state index contributed by atoms with van der Waals surface area (Å²) < 4.78 is 0. The van der Waals surface area contributed by atoms with Gasteiger partial charge >= 0.3 is 0 Å². The van der Waals surface area contributed by atoms with Gasteiger partial charge in [0.05, 0.1) is 0 Å². The third kappa shape index (κ3) is 4.89. The van der Waals surface area contributed by atoms with Crippen LogP contribution in [0.1, 0.15) is 19.3 Å². The van der Waals surface area contributed by atoms with Gasteiger partial charge in [0.15, 0.2) is 0 Å². The molecule has 78 valence electrons. The molecule has 0 aliphatic carbocycles. The first-order valence-electron chi connectivity index (χ1n) is 5.33. The molecule has 0 aromatic heterocycles. The van der Waals surface area contributed by atoms with Crippen molar-refractivity contribution in [3.05, 3.63) is 0 Å². The molecule has 1 heterocycles. The molecule has 2 nitrogen and oxygen atoms in total. The fourth-order valence-electron chi connectivity index (χ4n) is 1.86. The van der Waals surface area contributed by atoms with E-state index in [2.05, 4.69) is 29.9 Å². The maximum Gasteiger partial charge on any atom is 0.00397 e. The summed E-state index contributed by atoms with van der Waals surface area (Å²) >= 11 is 4.16. The molecule has 1 aliphatic rings. The summed E-state index contributed by atoms with van der Waals surface area (Å²) in [6, 6.07) is 0. The van der Waals surface area contributed by atoms with Crippen molar-refractivity contribution in [2.24, 2.45) is 5.92 Å². The van der Waals surface area contributed by atoms with Crippen LogP contribution in [0.4, 0.5) is 0 Å². The molecule has 0 aromatic carbocycles. The fraction of sp³-hybridized carbons (Fsp3) is 1.00. The van der Waals surface area contributed by atoms with E-state index >= 15 is 0 Å². The summed E-state index contributed by atoms with van der Waals surface area (Å²) in [5.74, 6) is 1.91. The average Bonchev–Trinajstić information content (AvgIpc) is 2.15. The number of nitrogens with zero attached hydrogens (tertiary/aromatic N) is 1. The van der Waals surface area contributed by atoms with Crippen LogP contribution in [0.2, 0.25) is 0 Å². The molecule has 0 saturated carbocycles. The predicted octanol–water partition coefficient (Wildman–Crippen LogP) is 1.24. The van der Waals surface area contributed by atoms with Crippen molar-refractivity contribution in [1.29, 1.82) is 0 Å². The van der Waals surface area contributed by atoms with E-state index in [0.717, 1.165) is 18.2 Å². The van der Waals surface area contributed by atoms with Gasteiger partial charge in [-0.1, -0.05) is 0 Å². The van der Waals surface area contributed by atoms with Crippen molar-refractivity contribution >= 4 is 12.6 Å². The van der Waals surface area contributed by atoms with Gasteiger partial charge in [-0.15, -0.1) is 0 Å². The van der Waals surface area contributed by atoms with Crippen LogP contribution >= 0.6 is 12.6 Å². The number of likely N-dealkylation sites (tertiary alicyclic amines) is 1. The lowest BCUT2D eigenvalue weighted by molar-refractivity contribution is 0.212. The Labute approximate surface area is 87.5 Å². The lowest BCUT2D eigenvalue weighted by atomic mass is 9.94. The highest BCUT2D eigenvalue weighted by Crippen LogP contribution is 2.18. The largest absolute Gasteiger partial charge is 0.316 e. The van der Waals surface area contributed by atoms with E-state index in [4.69, 9.17) is 0 Å². The quantitative estimate of drug-likeness (QED) is 0.515. The number of thiol groups is 1. The molecule has 0 aromatic rings. The van der Waals surface area contributed by atoms with Crippen LogP contribution in [0.15, 0.2) is 0 Å². The fourth-order valence-corrected chi connectivity index (χ4v) is 2.02. The molecule has 1 rings (SSSR count). The molecule has 13 heavy (non-hydrogen) atoms. The molecule has 1 saturated heterocycles. The molecular formula is C10H22N2S. The number of hydrogen-bond acceptors (Lipinski definition) is 3. The third-order valence-electron chi connectivity index (χ3n) is 2.86. The second-order valence-electron chi connectivity index (χ2n) is 4.01. The number of hydrogen-bond donors (Lipinski definition) is 2. The van der Waals surface area contributed by atoms with Gasteiger partial charge in [0.2, 0.25) is 0 Å². The topological polar surface area (TPSA) is 15.3 Å². The van der Waals surface area contributed by atoms with E-state index < -0.39 is 0 Å². The number of nitrogens with one attached hydrogen (secondary N) is 1. The highest BCUT2D eigenvalue weighted by atomic mass is 32.1. The molecular weight excluding hydrogens is 180 g/mol. The minimum Gasteiger partial charge on any atom is -0.316 e. The highest BCUT2D eigenvalue weighted by molar-refractivity contribution is 7.80. The Balaban J connectivity index is 1.96. The zero-order valence-electron chi connectivity index (χ0n) is 8.63. The summed E-state index contributed by atoms with van der Waals surface area (Å²) in [6.07, 6.45) is 4.12. The summed E-state index contributed by atoms with van der Waals surface area (Å²) in [5.41, 5.74) is 0. The molecule has 0 unspecified atom stereocenters. The summed E-state index contributed by atoms with van der Waals surface area (Å²) in [4.78, 5) is 2.43. The van der Waals surface area contributed by atoms with Crippen LogP contribution in [-0.2, 0) is 0 Å². The molecule has 0 radical (unpaired) electrons. The van der Waals surface area contributed by atoms with Crippen molar-refractivity contribution in [3.8, 4) is 0 Å². The first-order valence-corrected chi connectivity index (χ1v) is 5.96. The monoisotopic (exact) mass is 202 g/mol. The van der Waals surface area contributed by atoms with Crippen molar-refractivity contribution in [2.45, 2.75) is 19.3 Å². The molecule has 0 spiro atoms. The zero-order chi connectivity index (χ0) is 9.52. The lowest BCUT2D eigenvalue weighted by Crippen LogP contribution is -2.31. The van der Waals surface area contributed by atoms with Crippen LogP contribution in [-0.4, -0.2) is 43.9 Å². The maximum absolute atomic E-state index is 4.16. The second kappa shape index (κ2) is 6.68. The van der Waals surface area contributed by atoms with Crippen LogP contribution in [0, 0.1) is 5.92 Å². The van der Waals surface area contributed by atoms with E-state index in [1.54, 1.807) is 0 Å². The molecule has 0 bridgehead atoms. The van der Waals surface area contributed by atoms with Crippen molar-refractivity contribution in [2.75, 3.05) is 39.0 Å². The van der Waals surface area contributed by atoms with Gasteiger partial charge in [-0.3, -0.25) is 0 Å².